The molecule has 5 aromatic rings. The molecule has 0 radical (unpaired) electrons. The van der Waals surface area contributed by atoms with Crippen LogP contribution >= 0.6 is 0 Å². The average molecular weight is 412 g/mol. The van der Waals surface area contributed by atoms with Gasteiger partial charge in [0.05, 0.1) is 6.04 Å². The molecule has 0 spiro atoms. The van der Waals surface area contributed by atoms with Crippen molar-refractivity contribution in [1.29, 1.82) is 0 Å². The van der Waals surface area contributed by atoms with Crippen LogP contribution in [-0.4, -0.2) is 15.0 Å². The first-order chi connectivity index (χ1) is 15.8. The summed E-state index contributed by atoms with van der Waals surface area (Å²) >= 11 is 0. The van der Waals surface area contributed by atoms with Gasteiger partial charge in [0.2, 0.25) is 0 Å². The Kier molecular flexibility index (Phi) is 4.37. The smallest absolute Gasteiger partial charge is 0.164 e. The minimum absolute atomic E-state index is 0.148. The van der Waals surface area contributed by atoms with Crippen LogP contribution < -0.4 is 5.73 Å². The summed E-state index contributed by atoms with van der Waals surface area (Å²) < 4.78 is 0. The highest BCUT2D eigenvalue weighted by molar-refractivity contribution is 5.81. The van der Waals surface area contributed by atoms with Gasteiger partial charge in [0.1, 0.15) is 0 Å². The molecule has 0 bridgehead atoms. The van der Waals surface area contributed by atoms with Gasteiger partial charge in [0, 0.05) is 16.7 Å². The fourth-order valence-electron chi connectivity index (χ4n) is 4.32. The highest BCUT2D eigenvalue weighted by atomic mass is 15.0. The molecule has 32 heavy (non-hydrogen) atoms. The minimum atomic E-state index is -0.148. The predicted octanol–water partition coefficient (Wildman–Crippen LogP) is 5.90. The number of nitrogens with zero attached hydrogens (tertiary/aromatic N) is 3. The zero-order chi connectivity index (χ0) is 21.5. The summed E-state index contributed by atoms with van der Waals surface area (Å²) in [7, 11) is 0. The standard InChI is InChI=1S/C28H20N4/c29-25-23-14-8-7-13-21(23)22-16-15-20(17-24(22)25)28-31-26(18-9-3-1-4-10-18)30-27(32-28)19-11-5-2-6-12-19/h1-17,25H,29H2. The van der Waals surface area contributed by atoms with E-state index in [9.17, 15) is 0 Å². The zero-order valence-corrected chi connectivity index (χ0v) is 17.3. The summed E-state index contributed by atoms with van der Waals surface area (Å²) in [6, 6.07) is 34.5. The molecular weight excluding hydrogens is 392 g/mol. The van der Waals surface area contributed by atoms with Crippen molar-refractivity contribution in [2.75, 3.05) is 0 Å². The molecular formula is C28H20N4. The highest BCUT2D eigenvalue weighted by Gasteiger charge is 2.26. The molecule has 1 heterocycles. The van der Waals surface area contributed by atoms with E-state index in [-0.39, 0.29) is 6.04 Å². The van der Waals surface area contributed by atoms with Crippen LogP contribution in [0.1, 0.15) is 17.2 Å². The van der Waals surface area contributed by atoms with Crippen molar-refractivity contribution in [3.8, 4) is 45.3 Å². The summed E-state index contributed by atoms with van der Waals surface area (Å²) in [5.74, 6) is 1.95. The van der Waals surface area contributed by atoms with Gasteiger partial charge in [-0.15, -0.1) is 0 Å². The van der Waals surface area contributed by atoms with E-state index in [0.717, 1.165) is 27.8 Å². The van der Waals surface area contributed by atoms with Crippen LogP contribution in [0.3, 0.4) is 0 Å². The SMILES string of the molecule is NC1c2ccccc2-c2ccc(-c3nc(-c4ccccc4)nc(-c4ccccc4)n3)cc21. The van der Waals surface area contributed by atoms with E-state index in [4.69, 9.17) is 20.7 Å². The zero-order valence-electron chi connectivity index (χ0n) is 17.3. The number of nitrogens with two attached hydrogens (primary N) is 1. The third kappa shape index (κ3) is 3.09. The molecule has 0 fully saturated rings. The van der Waals surface area contributed by atoms with E-state index < -0.39 is 0 Å². The van der Waals surface area contributed by atoms with Crippen molar-refractivity contribution < 1.29 is 0 Å². The fourth-order valence-corrected chi connectivity index (χ4v) is 4.32. The quantitative estimate of drug-likeness (QED) is 0.401. The van der Waals surface area contributed by atoms with Crippen LogP contribution in [0.5, 0.6) is 0 Å². The Morgan fingerprint density at radius 2 is 0.969 bits per heavy atom. The molecule has 6 rings (SSSR count). The summed E-state index contributed by atoms with van der Waals surface area (Å²) in [4.78, 5) is 14.4. The van der Waals surface area contributed by atoms with Gasteiger partial charge in [-0.05, 0) is 28.3 Å². The van der Waals surface area contributed by atoms with Crippen LogP contribution in [-0.2, 0) is 0 Å². The average Bonchev–Trinajstić information content (AvgIpc) is 3.16. The molecule has 1 aliphatic carbocycles. The Bertz CT molecular complexity index is 1370. The van der Waals surface area contributed by atoms with E-state index in [0.29, 0.717) is 17.5 Å². The summed E-state index contributed by atoms with van der Waals surface area (Å²) in [5.41, 5.74) is 14.1. The molecule has 0 aliphatic heterocycles. The number of hydrogen-bond donors (Lipinski definition) is 1. The molecule has 0 amide bonds. The first-order valence-corrected chi connectivity index (χ1v) is 10.6. The molecule has 1 atom stereocenters. The van der Waals surface area contributed by atoms with Crippen molar-refractivity contribution in [2.45, 2.75) is 6.04 Å². The predicted molar refractivity (Wildman–Crippen MR) is 128 cm³/mol. The first kappa shape index (κ1) is 18.6. The van der Waals surface area contributed by atoms with Crippen LogP contribution in [0.2, 0.25) is 0 Å². The fraction of sp³-hybridized carbons (Fsp3) is 0.0357. The van der Waals surface area contributed by atoms with E-state index >= 15 is 0 Å². The van der Waals surface area contributed by atoms with Crippen LogP contribution in [0, 0.1) is 0 Å². The van der Waals surface area contributed by atoms with E-state index in [2.05, 4.69) is 36.4 Å². The van der Waals surface area contributed by atoms with Crippen molar-refractivity contribution in [3.05, 3.63) is 114 Å². The number of hydrogen-bond acceptors (Lipinski definition) is 4. The first-order valence-electron chi connectivity index (χ1n) is 10.6. The second kappa shape index (κ2) is 7.52. The molecule has 4 heteroatoms. The van der Waals surface area contributed by atoms with E-state index in [1.54, 1.807) is 0 Å². The van der Waals surface area contributed by atoms with Crippen LogP contribution in [0.4, 0.5) is 0 Å². The van der Waals surface area contributed by atoms with Gasteiger partial charge in [-0.1, -0.05) is 97.1 Å². The maximum atomic E-state index is 6.59. The lowest BCUT2D eigenvalue weighted by Gasteiger charge is -2.11. The Labute approximate surface area is 186 Å². The van der Waals surface area contributed by atoms with Gasteiger partial charge in [0.25, 0.3) is 0 Å². The summed E-state index contributed by atoms with van der Waals surface area (Å²) in [6.07, 6.45) is 0. The molecule has 4 nitrogen and oxygen atoms in total. The maximum absolute atomic E-state index is 6.59. The molecule has 1 unspecified atom stereocenters. The summed E-state index contributed by atoms with van der Waals surface area (Å²) in [5, 5.41) is 0. The van der Waals surface area contributed by atoms with Gasteiger partial charge in [0.15, 0.2) is 17.5 Å². The van der Waals surface area contributed by atoms with E-state index in [1.807, 2.05) is 66.7 Å². The molecule has 1 aromatic heterocycles. The number of aromatic nitrogens is 3. The lowest BCUT2D eigenvalue weighted by Crippen LogP contribution is -2.08. The largest absolute Gasteiger partial charge is 0.320 e. The van der Waals surface area contributed by atoms with Gasteiger partial charge in [-0.2, -0.15) is 0 Å². The normalized spacial score (nSPS) is 14.1. The lowest BCUT2D eigenvalue weighted by molar-refractivity contribution is 0.901. The third-order valence-corrected chi connectivity index (χ3v) is 5.93. The molecule has 152 valence electrons. The van der Waals surface area contributed by atoms with Crippen molar-refractivity contribution in [1.82, 2.24) is 15.0 Å². The lowest BCUT2D eigenvalue weighted by atomic mass is 10.0. The van der Waals surface area contributed by atoms with Crippen molar-refractivity contribution in [2.24, 2.45) is 5.73 Å². The second-order valence-corrected chi connectivity index (χ2v) is 7.91. The molecule has 1 aliphatic rings. The van der Waals surface area contributed by atoms with E-state index in [1.165, 1.54) is 11.1 Å². The summed E-state index contributed by atoms with van der Waals surface area (Å²) in [6.45, 7) is 0. The van der Waals surface area contributed by atoms with Gasteiger partial charge in [-0.25, -0.2) is 15.0 Å². The van der Waals surface area contributed by atoms with Gasteiger partial charge in [-0.3, -0.25) is 0 Å². The topological polar surface area (TPSA) is 64.7 Å². The highest BCUT2D eigenvalue weighted by Crippen LogP contribution is 2.43. The number of rotatable bonds is 3. The molecule has 0 saturated carbocycles. The third-order valence-electron chi connectivity index (χ3n) is 5.93. The molecule has 2 N–H and O–H groups in total. The monoisotopic (exact) mass is 412 g/mol. The Hall–Kier alpha value is -4.15. The maximum Gasteiger partial charge on any atom is 0.164 e. The Balaban J connectivity index is 1.52. The second-order valence-electron chi connectivity index (χ2n) is 7.91. The number of fused-ring (bicyclic) bond motifs is 3. The van der Waals surface area contributed by atoms with Gasteiger partial charge >= 0.3 is 0 Å². The van der Waals surface area contributed by atoms with Crippen LogP contribution in [0.15, 0.2) is 103 Å². The minimum Gasteiger partial charge on any atom is -0.320 e. The van der Waals surface area contributed by atoms with Crippen molar-refractivity contribution in [3.63, 3.8) is 0 Å². The number of benzene rings is 4. The molecule has 4 aromatic carbocycles. The van der Waals surface area contributed by atoms with Gasteiger partial charge < -0.3 is 5.73 Å². The van der Waals surface area contributed by atoms with Crippen molar-refractivity contribution >= 4 is 0 Å². The van der Waals surface area contributed by atoms with Crippen LogP contribution in [0.25, 0.3) is 45.3 Å². The Morgan fingerprint density at radius 1 is 0.469 bits per heavy atom. The Morgan fingerprint density at radius 3 is 1.59 bits per heavy atom. The molecule has 0 saturated heterocycles.